The first-order valence-electron chi connectivity index (χ1n) is 12.2. The maximum Gasteiger partial charge on any atom is 0.256 e. The van der Waals surface area contributed by atoms with Crippen LogP contribution in [0.15, 0.2) is 42.1 Å². The summed E-state index contributed by atoms with van der Waals surface area (Å²) in [6.07, 6.45) is 8.96. The Kier molecular flexibility index (Phi) is 5.43. The molecule has 5 aliphatic carbocycles. The molecule has 0 spiro atoms. The van der Waals surface area contributed by atoms with E-state index >= 15 is 0 Å². The Bertz CT molecular complexity index is 902. The number of hydrogen-bond acceptors (Lipinski definition) is 4. The van der Waals surface area contributed by atoms with E-state index in [2.05, 4.69) is 29.6 Å². The minimum atomic E-state index is -0.349. The van der Waals surface area contributed by atoms with E-state index in [4.69, 9.17) is 4.74 Å². The molecule has 5 heteroatoms. The molecular formula is C27H36N2O3. The van der Waals surface area contributed by atoms with Gasteiger partial charge in [0.25, 0.3) is 5.91 Å². The van der Waals surface area contributed by atoms with Gasteiger partial charge in [-0.2, -0.15) is 0 Å². The summed E-state index contributed by atoms with van der Waals surface area (Å²) < 4.78 is 6.59. The average molecular weight is 437 g/mol. The predicted molar refractivity (Wildman–Crippen MR) is 124 cm³/mol. The van der Waals surface area contributed by atoms with Crippen molar-refractivity contribution in [1.82, 2.24) is 10.2 Å². The summed E-state index contributed by atoms with van der Waals surface area (Å²) >= 11 is 0. The quantitative estimate of drug-likeness (QED) is 0.379. The van der Waals surface area contributed by atoms with E-state index in [9.17, 15) is 9.59 Å². The number of carbonyl (C=O) groups is 2. The fraction of sp³-hybridized carbons (Fsp3) is 0.630. The number of benzene rings is 1. The molecule has 4 bridgehead atoms. The summed E-state index contributed by atoms with van der Waals surface area (Å²) in [7, 11) is 3.74. The lowest BCUT2D eigenvalue weighted by Gasteiger charge is -2.59. The van der Waals surface area contributed by atoms with Crippen LogP contribution in [0.1, 0.15) is 57.4 Å². The number of ketones is 1. The molecule has 5 nitrogen and oxygen atoms in total. The highest BCUT2D eigenvalue weighted by Gasteiger charge is 2.57. The Hall–Kier alpha value is -2.14. The van der Waals surface area contributed by atoms with E-state index in [0.717, 1.165) is 44.9 Å². The lowest BCUT2D eigenvalue weighted by atomic mass is 9.52. The molecule has 0 aromatic heterocycles. The van der Waals surface area contributed by atoms with E-state index in [1.807, 2.05) is 32.0 Å². The normalized spacial score (nSPS) is 34.3. The third-order valence-electron chi connectivity index (χ3n) is 8.33. The van der Waals surface area contributed by atoms with E-state index in [1.54, 1.807) is 6.20 Å². The van der Waals surface area contributed by atoms with E-state index < -0.39 is 0 Å². The van der Waals surface area contributed by atoms with Crippen molar-refractivity contribution in [3.8, 4) is 0 Å². The van der Waals surface area contributed by atoms with Crippen LogP contribution in [0, 0.1) is 23.2 Å². The zero-order valence-electron chi connectivity index (χ0n) is 19.6. The van der Waals surface area contributed by atoms with Crippen LogP contribution in [-0.4, -0.2) is 42.3 Å². The molecule has 172 valence electrons. The van der Waals surface area contributed by atoms with Gasteiger partial charge in [-0.1, -0.05) is 37.3 Å². The summed E-state index contributed by atoms with van der Waals surface area (Å²) in [5.74, 6) is 1.38. The van der Waals surface area contributed by atoms with Crippen LogP contribution in [0.5, 0.6) is 0 Å². The molecule has 0 saturated heterocycles. The van der Waals surface area contributed by atoms with Gasteiger partial charge in [-0.15, -0.1) is 0 Å². The topological polar surface area (TPSA) is 58.6 Å². The number of Topliss-reactive ketones (excluding diaryl/α,β-unsaturated/α-hetero) is 1. The molecule has 5 fully saturated rings. The number of ether oxygens (including phenoxy) is 1. The summed E-state index contributed by atoms with van der Waals surface area (Å²) in [5, 5.41) is 3.33. The second-order valence-corrected chi connectivity index (χ2v) is 11.3. The van der Waals surface area contributed by atoms with Crippen LogP contribution < -0.4 is 5.32 Å². The highest BCUT2D eigenvalue weighted by Crippen LogP contribution is 2.57. The van der Waals surface area contributed by atoms with Crippen molar-refractivity contribution in [2.45, 2.75) is 70.1 Å². The maximum atomic E-state index is 13.3. The molecule has 0 aliphatic heterocycles. The fourth-order valence-electron chi connectivity index (χ4n) is 6.62. The van der Waals surface area contributed by atoms with Crippen LogP contribution in [0.4, 0.5) is 0 Å². The average Bonchev–Trinajstić information content (AvgIpc) is 3.51. The van der Waals surface area contributed by atoms with E-state index in [1.165, 1.54) is 5.56 Å². The number of nitrogens with zero attached hydrogens (tertiary/aromatic N) is 1. The van der Waals surface area contributed by atoms with Crippen molar-refractivity contribution in [3.63, 3.8) is 0 Å². The Morgan fingerprint density at radius 3 is 2.34 bits per heavy atom. The summed E-state index contributed by atoms with van der Waals surface area (Å²) in [4.78, 5) is 28.2. The number of nitrogens with one attached hydrogen (secondary N) is 1. The molecule has 1 N–H and O–H groups in total. The molecule has 0 radical (unpaired) electrons. The van der Waals surface area contributed by atoms with Gasteiger partial charge in [0.2, 0.25) is 0 Å². The third-order valence-corrected chi connectivity index (χ3v) is 8.33. The highest BCUT2D eigenvalue weighted by atomic mass is 16.5. The Morgan fingerprint density at radius 2 is 1.75 bits per heavy atom. The van der Waals surface area contributed by atoms with Crippen LogP contribution in [0.2, 0.25) is 0 Å². The van der Waals surface area contributed by atoms with Gasteiger partial charge in [0, 0.05) is 31.8 Å². The van der Waals surface area contributed by atoms with Crippen molar-refractivity contribution in [1.29, 1.82) is 0 Å². The van der Waals surface area contributed by atoms with Crippen molar-refractivity contribution < 1.29 is 14.3 Å². The predicted octanol–water partition coefficient (Wildman–Crippen LogP) is 4.08. The molecule has 6 rings (SSSR count). The first-order valence-corrected chi connectivity index (χ1v) is 12.2. The van der Waals surface area contributed by atoms with E-state index in [-0.39, 0.29) is 28.7 Å². The molecule has 1 aromatic carbocycles. The summed E-state index contributed by atoms with van der Waals surface area (Å²) in [6.45, 7) is 2.63. The molecular weight excluding hydrogens is 400 g/mol. The lowest BCUT2D eigenvalue weighted by Crippen LogP contribution is -2.62. The first kappa shape index (κ1) is 21.7. The smallest absolute Gasteiger partial charge is 0.256 e. The van der Waals surface area contributed by atoms with Crippen molar-refractivity contribution in [3.05, 3.63) is 47.7 Å². The van der Waals surface area contributed by atoms with Crippen LogP contribution in [-0.2, 0) is 20.9 Å². The van der Waals surface area contributed by atoms with Crippen molar-refractivity contribution in [2.24, 2.45) is 23.2 Å². The molecule has 1 amide bonds. The number of rotatable bonds is 8. The number of carbonyl (C=O) groups excluding carboxylic acids is 2. The van der Waals surface area contributed by atoms with Crippen LogP contribution in [0.3, 0.4) is 0 Å². The second-order valence-electron chi connectivity index (χ2n) is 11.3. The van der Waals surface area contributed by atoms with Gasteiger partial charge in [-0.25, -0.2) is 0 Å². The van der Waals surface area contributed by atoms with Gasteiger partial charge in [0.1, 0.15) is 0 Å². The molecule has 5 aliphatic rings. The maximum absolute atomic E-state index is 13.3. The minimum Gasteiger partial charge on any atom is -0.383 e. The van der Waals surface area contributed by atoms with Gasteiger partial charge in [0.15, 0.2) is 5.78 Å². The molecule has 0 heterocycles. The highest BCUT2D eigenvalue weighted by molar-refractivity contribution is 6.21. The van der Waals surface area contributed by atoms with Gasteiger partial charge in [-0.05, 0) is 68.3 Å². The molecule has 2 atom stereocenters. The van der Waals surface area contributed by atoms with Crippen LogP contribution >= 0.6 is 0 Å². The summed E-state index contributed by atoms with van der Waals surface area (Å²) in [5.41, 5.74) is 1.14. The standard InChI is InChI=1S/C27H36N2O3/c1-26(9-10-26)24(30)22(16-29(2)3)25(31)28-23-20-11-19-12-21(23)15-27(13-19,14-20)32-17-18-7-5-4-6-8-18/h4-8,16,19-21,23H,9-15,17H2,1-3H3,(H,28,31). The second kappa shape index (κ2) is 8.02. The minimum absolute atomic E-state index is 0.00446. The molecule has 1 aromatic rings. The zero-order valence-corrected chi connectivity index (χ0v) is 19.6. The van der Waals surface area contributed by atoms with Crippen molar-refractivity contribution >= 4 is 11.7 Å². The largest absolute Gasteiger partial charge is 0.383 e. The number of amides is 1. The van der Waals surface area contributed by atoms with Gasteiger partial charge < -0.3 is 15.0 Å². The Morgan fingerprint density at radius 1 is 1.09 bits per heavy atom. The van der Waals surface area contributed by atoms with Gasteiger partial charge >= 0.3 is 0 Å². The monoisotopic (exact) mass is 436 g/mol. The lowest BCUT2D eigenvalue weighted by molar-refractivity contribution is -0.179. The van der Waals surface area contributed by atoms with Crippen molar-refractivity contribution in [2.75, 3.05) is 14.1 Å². The fourth-order valence-corrected chi connectivity index (χ4v) is 6.62. The molecule has 5 saturated carbocycles. The first-order chi connectivity index (χ1) is 15.3. The number of hydrogen-bond donors (Lipinski definition) is 1. The van der Waals surface area contributed by atoms with Gasteiger partial charge in [-0.3, -0.25) is 9.59 Å². The third kappa shape index (κ3) is 4.12. The summed E-state index contributed by atoms with van der Waals surface area (Å²) in [6, 6.07) is 10.6. The zero-order chi connectivity index (χ0) is 22.5. The Labute approximate surface area is 191 Å². The van der Waals surface area contributed by atoms with E-state index in [0.29, 0.717) is 29.9 Å². The SMILES string of the molecule is CN(C)C=C(C(=O)NC1C2CC3CC1CC(OCc1ccccc1)(C3)C2)C(=O)C1(C)CC1. The molecule has 32 heavy (non-hydrogen) atoms. The van der Waals surface area contributed by atoms with Crippen LogP contribution in [0.25, 0.3) is 0 Å². The molecule has 2 unspecified atom stereocenters. The Balaban J connectivity index is 1.28. The van der Waals surface area contributed by atoms with Gasteiger partial charge in [0.05, 0.1) is 17.8 Å².